The van der Waals surface area contributed by atoms with Gasteiger partial charge >= 0.3 is 5.97 Å². The van der Waals surface area contributed by atoms with Gasteiger partial charge in [-0.15, -0.1) is 0 Å². The van der Waals surface area contributed by atoms with Gasteiger partial charge in [0.2, 0.25) is 5.91 Å². The third-order valence-corrected chi connectivity index (χ3v) is 7.38. The number of aliphatic carboxylic acids is 1. The molecule has 5 heteroatoms. The van der Waals surface area contributed by atoms with Crippen LogP contribution in [0.1, 0.15) is 32.1 Å². The van der Waals surface area contributed by atoms with E-state index in [1.54, 1.807) is 0 Å². The SMILES string of the molecule is O=C(O)C1C2C=CC(C2)C1C(=O)NC1C2CCOC2C12CCC2. The molecule has 1 saturated heterocycles. The largest absolute Gasteiger partial charge is 0.481 e. The first-order valence-electron chi connectivity index (χ1n) is 8.95. The van der Waals surface area contributed by atoms with Gasteiger partial charge in [0.05, 0.1) is 17.9 Å². The number of carboxylic acids is 1. The Morgan fingerprint density at radius 3 is 2.57 bits per heavy atom. The molecular formula is C18H23NO4. The molecule has 7 unspecified atom stereocenters. The second-order valence-electron chi connectivity index (χ2n) is 8.16. The molecule has 0 radical (unpaired) electrons. The molecule has 4 aliphatic carbocycles. The van der Waals surface area contributed by atoms with Crippen LogP contribution in [0.25, 0.3) is 0 Å². The van der Waals surface area contributed by atoms with E-state index in [0.717, 1.165) is 32.3 Å². The van der Waals surface area contributed by atoms with Crippen molar-refractivity contribution >= 4 is 11.9 Å². The van der Waals surface area contributed by atoms with Gasteiger partial charge in [0.1, 0.15) is 0 Å². The average molecular weight is 317 g/mol. The Morgan fingerprint density at radius 1 is 1.17 bits per heavy atom. The maximum atomic E-state index is 12.9. The highest BCUT2D eigenvalue weighted by molar-refractivity contribution is 5.87. The van der Waals surface area contributed by atoms with Crippen molar-refractivity contribution in [1.82, 2.24) is 5.32 Å². The number of nitrogens with one attached hydrogen (secondary N) is 1. The number of carboxylic acid groups (broad SMARTS) is 1. The Hall–Kier alpha value is -1.36. The van der Waals surface area contributed by atoms with Gasteiger partial charge < -0.3 is 15.2 Å². The number of amides is 1. The molecule has 5 nitrogen and oxygen atoms in total. The first-order chi connectivity index (χ1) is 11.1. The normalized spacial score (nSPS) is 47.9. The van der Waals surface area contributed by atoms with Crippen LogP contribution in [0.4, 0.5) is 0 Å². The van der Waals surface area contributed by atoms with E-state index in [1.807, 2.05) is 6.08 Å². The van der Waals surface area contributed by atoms with E-state index in [4.69, 9.17) is 4.74 Å². The van der Waals surface area contributed by atoms with E-state index < -0.39 is 11.9 Å². The number of allylic oxidation sites excluding steroid dienone is 2. The molecule has 23 heavy (non-hydrogen) atoms. The summed E-state index contributed by atoms with van der Waals surface area (Å²) in [5, 5.41) is 12.8. The smallest absolute Gasteiger partial charge is 0.307 e. The Kier molecular flexibility index (Phi) is 2.80. The van der Waals surface area contributed by atoms with E-state index in [0.29, 0.717) is 12.0 Å². The van der Waals surface area contributed by atoms with Crippen molar-refractivity contribution < 1.29 is 19.4 Å². The fourth-order valence-corrected chi connectivity index (χ4v) is 6.22. The van der Waals surface area contributed by atoms with Crippen LogP contribution in [-0.4, -0.2) is 35.7 Å². The molecule has 2 N–H and O–H groups in total. The van der Waals surface area contributed by atoms with Gasteiger partial charge in [-0.3, -0.25) is 9.59 Å². The summed E-state index contributed by atoms with van der Waals surface area (Å²) in [6.07, 6.45) is 9.71. The minimum atomic E-state index is -0.823. The third kappa shape index (κ3) is 1.66. The zero-order chi connectivity index (χ0) is 15.8. The summed E-state index contributed by atoms with van der Waals surface area (Å²) in [5.41, 5.74) is 0.156. The molecule has 0 aromatic carbocycles. The van der Waals surface area contributed by atoms with E-state index in [-0.39, 0.29) is 35.1 Å². The molecule has 2 bridgehead atoms. The number of carbonyl (C=O) groups excluding carboxylic acids is 1. The Morgan fingerprint density at radius 2 is 1.91 bits per heavy atom. The summed E-state index contributed by atoms with van der Waals surface area (Å²) in [5.74, 6) is -1.20. The molecule has 5 rings (SSSR count). The standard InChI is InChI=1S/C18H23NO4/c20-16(12-9-2-3-10(8-9)13(12)17(21)22)19-14-11-4-7-23-15(11)18(14)5-1-6-18/h2-3,9-15H,1,4-8H2,(H,19,20)(H,21,22). The number of rotatable bonds is 3. The van der Waals surface area contributed by atoms with Crippen molar-refractivity contribution in [2.75, 3.05) is 6.61 Å². The Bertz CT molecular complexity index is 596. The first kappa shape index (κ1) is 14.0. The van der Waals surface area contributed by atoms with Gasteiger partial charge in [0.25, 0.3) is 0 Å². The highest BCUT2D eigenvalue weighted by atomic mass is 16.5. The highest BCUT2D eigenvalue weighted by Gasteiger charge is 2.67. The summed E-state index contributed by atoms with van der Waals surface area (Å²) < 4.78 is 5.90. The lowest BCUT2D eigenvalue weighted by Gasteiger charge is -2.63. The number of ether oxygens (including phenoxy) is 1. The molecule has 7 atom stereocenters. The van der Waals surface area contributed by atoms with Crippen molar-refractivity contribution in [3.63, 3.8) is 0 Å². The van der Waals surface area contributed by atoms with Crippen LogP contribution < -0.4 is 5.32 Å². The third-order valence-electron chi connectivity index (χ3n) is 7.38. The van der Waals surface area contributed by atoms with Crippen LogP contribution in [-0.2, 0) is 14.3 Å². The van der Waals surface area contributed by atoms with Crippen LogP contribution in [0.5, 0.6) is 0 Å². The van der Waals surface area contributed by atoms with Crippen molar-refractivity contribution in [3.05, 3.63) is 12.2 Å². The summed E-state index contributed by atoms with van der Waals surface area (Å²) in [6, 6.07) is 0.203. The lowest BCUT2D eigenvalue weighted by molar-refractivity contribution is -0.181. The fourth-order valence-electron chi connectivity index (χ4n) is 6.22. The predicted molar refractivity (Wildman–Crippen MR) is 81.4 cm³/mol. The first-order valence-corrected chi connectivity index (χ1v) is 8.95. The van der Waals surface area contributed by atoms with E-state index >= 15 is 0 Å². The van der Waals surface area contributed by atoms with Gasteiger partial charge in [-0.1, -0.05) is 18.6 Å². The van der Waals surface area contributed by atoms with Crippen LogP contribution in [0.3, 0.4) is 0 Å². The number of carbonyl (C=O) groups is 2. The molecule has 4 fully saturated rings. The summed E-state index contributed by atoms with van der Waals surface area (Å²) in [6.45, 7) is 0.804. The molecular weight excluding hydrogens is 294 g/mol. The van der Waals surface area contributed by atoms with Crippen molar-refractivity contribution in [3.8, 4) is 0 Å². The molecule has 5 aliphatic rings. The maximum Gasteiger partial charge on any atom is 0.307 e. The molecule has 124 valence electrons. The topological polar surface area (TPSA) is 75.6 Å². The molecule has 0 aromatic heterocycles. The quantitative estimate of drug-likeness (QED) is 0.775. The van der Waals surface area contributed by atoms with E-state index in [1.165, 1.54) is 6.42 Å². The monoisotopic (exact) mass is 317 g/mol. The van der Waals surface area contributed by atoms with Crippen LogP contribution in [0.15, 0.2) is 12.2 Å². The molecule has 0 aromatic rings. The van der Waals surface area contributed by atoms with E-state index in [2.05, 4.69) is 11.4 Å². The molecule has 1 amide bonds. The number of hydrogen-bond donors (Lipinski definition) is 2. The van der Waals surface area contributed by atoms with Crippen molar-refractivity contribution in [1.29, 1.82) is 0 Å². The Labute approximate surface area is 135 Å². The maximum absolute atomic E-state index is 12.9. The molecule has 1 aliphatic heterocycles. The summed E-state index contributed by atoms with van der Waals surface area (Å²) in [4.78, 5) is 24.5. The van der Waals surface area contributed by atoms with Crippen molar-refractivity contribution in [2.24, 2.45) is 35.0 Å². The minimum absolute atomic E-state index is 0.0316. The number of fused-ring (bicyclic) bond motifs is 4. The lowest BCUT2D eigenvalue weighted by atomic mass is 9.46. The predicted octanol–water partition coefficient (Wildman–Crippen LogP) is 1.58. The second-order valence-corrected chi connectivity index (χ2v) is 8.16. The molecule has 1 heterocycles. The summed E-state index contributed by atoms with van der Waals surface area (Å²) >= 11 is 0. The molecule has 1 spiro atoms. The van der Waals surface area contributed by atoms with E-state index in [9.17, 15) is 14.7 Å². The van der Waals surface area contributed by atoms with Crippen LogP contribution in [0, 0.1) is 35.0 Å². The average Bonchev–Trinajstić information content (AvgIpc) is 3.16. The van der Waals surface area contributed by atoms with Gasteiger partial charge in [0, 0.05) is 24.0 Å². The van der Waals surface area contributed by atoms with Gasteiger partial charge in [-0.05, 0) is 37.5 Å². The fraction of sp³-hybridized carbons (Fsp3) is 0.778. The lowest BCUT2D eigenvalue weighted by Crippen LogP contribution is -2.72. The van der Waals surface area contributed by atoms with Crippen molar-refractivity contribution in [2.45, 2.75) is 44.2 Å². The minimum Gasteiger partial charge on any atom is -0.481 e. The zero-order valence-corrected chi connectivity index (χ0v) is 13.1. The number of hydrogen-bond acceptors (Lipinski definition) is 3. The highest BCUT2D eigenvalue weighted by Crippen LogP contribution is 2.63. The Balaban J connectivity index is 1.35. The van der Waals surface area contributed by atoms with Gasteiger partial charge in [-0.2, -0.15) is 0 Å². The van der Waals surface area contributed by atoms with Gasteiger partial charge in [-0.25, -0.2) is 0 Å². The summed E-state index contributed by atoms with van der Waals surface area (Å²) in [7, 11) is 0. The molecule has 3 saturated carbocycles. The van der Waals surface area contributed by atoms with Gasteiger partial charge in [0.15, 0.2) is 0 Å². The second kappa shape index (κ2) is 4.59. The zero-order valence-electron chi connectivity index (χ0n) is 13.1. The van der Waals surface area contributed by atoms with Crippen LogP contribution in [0.2, 0.25) is 0 Å². The van der Waals surface area contributed by atoms with Crippen LogP contribution >= 0.6 is 0 Å².